The number of hydrogen-bond donors (Lipinski definition) is 1. The summed E-state index contributed by atoms with van der Waals surface area (Å²) in [5.41, 5.74) is 0.569. The van der Waals surface area contributed by atoms with Crippen LogP contribution in [0.15, 0.2) is 55.6 Å². The van der Waals surface area contributed by atoms with E-state index >= 15 is 0 Å². The first kappa shape index (κ1) is 16.4. The lowest BCUT2D eigenvalue weighted by atomic mass is 10.2. The average molecular weight is 264 g/mol. The van der Waals surface area contributed by atoms with Crippen LogP contribution in [0.3, 0.4) is 0 Å². The first-order valence-corrected chi connectivity index (χ1v) is 5.41. The first-order valence-electron chi connectivity index (χ1n) is 5.41. The summed E-state index contributed by atoms with van der Waals surface area (Å²) >= 11 is 0. The van der Waals surface area contributed by atoms with E-state index in [0.717, 1.165) is 0 Å². The molecule has 0 amide bonds. The van der Waals surface area contributed by atoms with Crippen molar-refractivity contribution in [2.24, 2.45) is 0 Å². The maximum Gasteiger partial charge on any atom is 0.506 e. The van der Waals surface area contributed by atoms with Crippen LogP contribution in [-0.2, 0) is 9.47 Å². The Kier molecular flexibility index (Phi) is 9.16. The lowest BCUT2D eigenvalue weighted by Crippen LogP contribution is -2.04. The number of esters is 1. The van der Waals surface area contributed by atoms with Gasteiger partial charge < -0.3 is 14.6 Å². The fraction of sp³-hybridized carbons (Fsp3) is 0.143. The minimum absolute atomic E-state index is 0.0648. The molecule has 1 aromatic carbocycles. The van der Waals surface area contributed by atoms with E-state index in [2.05, 4.69) is 17.9 Å². The van der Waals surface area contributed by atoms with Crippen LogP contribution in [0.2, 0.25) is 0 Å². The van der Waals surface area contributed by atoms with Gasteiger partial charge in [0.25, 0.3) is 0 Å². The molecular formula is C14H16O5. The Hall–Kier alpha value is -2.56. The monoisotopic (exact) mass is 264 g/mol. The number of carbonyl (C=O) groups is 2. The molecule has 0 aliphatic rings. The fourth-order valence-electron chi connectivity index (χ4n) is 0.922. The predicted octanol–water partition coefficient (Wildman–Crippen LogP) is 2.90. The van der Waals surface area contributed by atoms with Gasteiger partial charge in [0.15, 0.2) is 0 Å². The summed E-state index contributed by atoms with van der Waals surface area (Å²) < 4.78 is 8.81. The van der Waals surface area contributed by atoms with Crippen LogP contribution >= 0.6 is 0 Å². The zero-order chi connectivity index (χ0) is 14.5. The normalized spacial score (nSPS) is 8.42. The van der Waals surface area contributed by atoms with Gasteiger partial charge in [-0.15, -0.1) is 0 Å². The Balaban J connectivity index is 0.000000399. The third-order valence-corrected chi connectivity index (χ3v) is 1.67. The molecule has 0 fully saturated rings. The molecule has 0 unspecified atom stereocenters. The lowest BCUT2D eigenvalue weighted by molar-refractivity contribution is 0.0549. The molecule has 0 spiro atoms. The van der Waals surface area contributed by atoms with E-state index in [9.17, 15) is 9.59 Å². The third kappa shape index (κ3) is 9.17. The third-order valence-electron chi connectivity index (χ3n) is 1.67. The van der Waals surface area contributed by atoms with Gasteiger partial charge in [0.05, 0.1) is 5.56 Å². The van der Waals surface area contributed by atoms with Crippen LogP contribution in [0.4, 0.5) is 4.79 Å². The molecule has 0 atom stereocenters. The predicted molar refractivity (Wildman–Crippen MR) is 71.1 cm³/mol. The summed E-state index contributed by atoms with van der Waals surface area (Å²) in [4.78, 5) is 20.6. The molecule has 19 heavy (non-hydrogen) atoms. The summed E-state index contributed by atoms with van der Waals surface area (Å²) in [6.07, 6.45) is 1.65. The molecule has 0 aliphatic carbocycles. The van der Waals surface area contributed by atoms with Gasteiger partial charge in [-0.25, -0.2) is 9.59 Å². The minimum atomic E-state index is -1.26. The number of carbonyl (C=O) groups excluding carboxylic acids is 1. The highest BCUT2D eigenvalue weighted by atomic mass is 16.7. The van der Waals surface area contributed by atoms with Crippen molar-refractivity contribution in [2.75, 3.05) is 13.2 Å². The summed E-state index contributed by atoms with van der Waals surface area (Å²) in [6.45, 7) is 7.02. The van der Waals surface area contributed by atoms with E-state index in [1.54, 1.807) is 30.3 Å². The molecule has 102 valence electrons. The van der Waals surface area contributed by atoms with Gasteiger partial charge in [0.2, 0.25) is 0 Å². The largest absolute Gasteiger partial charge is 0.506 e. The van der Waals surface area contributed by atoms with E-state index in [0.29, 0.717) is 5.56 Å². The van der Waals surface area contributed by atoms with Crippen LogP contribution in [0.1, 0.15) is 10.4 Å². The van der Waals surface area contributed by atoms with Crippen molar-refractivity contribution in [2.45, 2.75) is 0 Å². The second kappa shape index (κ2) is 10.6. The molecule has 0 heterocycles. The van der Waals surface area contributed by atoms with Gasteiger partial charge >= 0.3 is 12.1 Å². The summed E-state index contributed by atoms with van der Waals surface area (Å²) in [5, 5.41) is 7.77. The first-order chi connectivity index (χ1) is 9.11. The van der Waals surface area contributed by atoms with Crippen molar-refractivity contribution in [1.29, 1.82) is 0 Å². The zero-order valence-corrected chi connectivity index (χ0v) is 10.5. The molecule has 1 N–H and O–H groups in total. The van der Waals surface area contributed by atoms with Gasteiger partial charge in [-0.05, 0) is 12.1 Å². The van der Waals surface area contributed by atoms with E-state index in [-0.39, 0.29) is 19.2 Å². The summed E-state index contributed by atoms with van der Waals surface area (Å²) in [6, 6.07) is 8.87. The molecule has 0 saturated heterocycles. The Morgan fingerprint density at radius 1 is 1.05 bits per heavy atom. The van der Waals surface area contributed by atoms with Gasteiger partial charge in [0.1, 0.15) is 13.2 Å². The van der Waals surface area contributed by atoms with Crippen LogP contribution in [0.5, 0.6) is 0 Å². The summed E-state index contributed by atoms with van der Waals surface area (Å²) in [5.74, 6) is -0.310. The smallest absolute Gasteiger partial charge is 0.458 e. The van der Waals surface area contributed by atoms with Crippen LogP contribution in [-0.4, -0.2) is 30.4 Å². The van der Waals surface area contributed by atoms with E-state index in [4.69, 9.17) is 9.84 Å². The van der Waals surface area contributed by atoms with Gasteiger partial charge in [-0.3, -0.25) is 0 Å². The Morgan fingerprint density at radius 3 is 2.00 bits per heavy atom. The number of hydrogen-bond acceptors (Lipinski definition) is 4. The quantitative estimate of drug-likeness (QED) is 0.654. The van der Waals surface area contributed by atoms with Crippen LogP contribution < -0.4 is 0 Å². The van der Waals surface area contributed by atoms with Crippen molar-refractivity contribution in [3.8, 4) is 0 Å². The maximum atomic E-state index is 11.1. The van der Waals surface area contributed by atoms with E-state index in [1.807, 2.05) is 6.07 Å². The number of carboxylic acid groups (broad SMARTS) is 1. The Labute approximate surface area is 111 Å². The maximum absolute atomic E-state index is 11.1. The average Bonchev–Trinajstić information content (AvgIpc) is 2.44. The van der Waals surface area contributed by atoms with Gasteiger partial charge in [-0.2, -0.15) is 0 Å². The molecule has 0 radical (unpaired) electrons. The van der Waals surface area contributed by atoms with Crippen molar-refractivity contribution in [3.63, 3.8) is 0 Å². The molecule has 1 rings (SSSR count). The molecule has 0 aromatic heterocycles. The molecular weight excluding hydrogens is 248 g/mol. The van der Waals surface area contributed by atoms with Crippen molar-refractivity contribution in [3.05, 3.63) is 61.2 Å². The molecule has 0 saturated carbocycles. The molecule has 5 nitrogen and oxygen atoms in total. The highest BCUT2D eigenvalue weighted by Crippen LogP contribution is 2.00. The SMILES string of the molecule is C=CCOC(=O)O.C=CCOC(=O)c1ccccc1. The number of rotatable bonds is 5. The fourth-order valence-corrected chi connectivity index (χ4v) is 0.922. The minimum Gasteiger partial charge on any atom is -0.458 e. The highest BCUT2D eigenvalue weighted by Gasteiger charge is 2.02. The molecule has 0 bridgehead atoms. The second-order valence-corrected chi connectivity index (χ2v) is 3.12. The highest BCUT2D eigenvalue weighted by molar-refractivity contribution is 5.89. The zero-order valence-electron chi connectivity index (χ0n) is 10.5. The van der Waals surface area contributed by atoms with Gasteiger partial charge in [0, 0.05) is 0 Å². The van der Waals surface area contributed by atoms with Gasteiger partial charge in [-0.1, -0.05) is 43.5 Å². The topological polar surface area (TPSA) is 72.8 Å². The van der Waals surface area contributed by atoms with E-state index in [1.165, 1.54) is 6.08 Å². The van der Waals surface area contributed by atoms with Crippen molar-refractivity contribution < 1.29 is 24.2 Å². The van der Waals surface area contributed by atoms with Crippen molar-refractivity contribution >= 4 is 12.1 Å². The second-order valence-electron chi connectivity index (χ2n) is 3.12. The van der Waals surface area contributed by atoms with Crippen molar-refractivity contribution in [1.82, 2.24) is 0 Å². The number of benzene rings is 1. The van der Waals surface area contributed by atoms with Crippen LogP contribution in [0, 0.1) is 0 Å². The molecule has 0 aliphatic heterocycles. The molecule has 1 aromatic rings. The van der Waals surface area contributed by atoms with Crippen LogP contribution in [0.25, 0.3) is 0 Å². The summed E-state index contributed by atoms with van der Waals surface area (Å²) in [7, 11) is 0. The number of ether oxygens (including phenoxy) is 2. The van der Waals surface area contributed by atoms with E-state index < -0.39 is 6.16 Å². The standard InChI is InChI=1S/C10H10O2.C4H6O3/c1-2-8-12-10(11)9-6-4-3-5-7-9;1-2-3-7-4(5)6/h2-7H,1,8H2;2H,1,3H2,(H,5,6). The Morgan fingerprint density at radius 2 is 1.58 bits per heavy atom. The Bertz CT molecular complexity index is 411. The molecule has 5 heteroatoms. The lowest BCUT2D eigenvalue weighted by Gasteiger charge is -1.99.